The van der Waals surface area contributed by atoms with Crippen molar-refractivity contribution in [1.82, 2.24) is 4.90 Å². The molecule has 0 radical (unpaired) electrons. The zero-order valence-corrected chi connectivity index (χ0v) is 13.9. The Hall–Kier alpha value is -1.26. The van der Waals surface area contributed by atoms with E-state index in [-0.39, 0.29) is 5.60 Å². The van der Waals surface area contributed by atoms with Crippen LogP contribution in [-0.2, 0) is 4.74 Å². The molecule has 4 heteroatoms. The van der Waals surface area contributed by atoms with Gasteiger partial charge >= 0.3 is 0 Å². The predicted octanol–water partition coefficient (Wildman–Crippen LogP) is 3.41. The average Bonchev–Trinajstić information content (AvgIpc) is 2.94. The van der Waals surface area contributed by atoms with Crippen molar-refractivity contribution in [2.24, 2.45) is 0 Å². The minimum atomic E-state index is -0.0633. The highest BCUT2D eigenvalue weighted by atomic mass is 16.6. The molecule has 2 aliphatic heterocycles. The Morgan fingerprint density at radius 2 is 1.95 bits per heavy atom. The van der Waals surface area contributed by atoms with Gasteiger partial charge in [-0.3, -0.25) is 4.90 Å². The van der Waals surface area contributed by atoms with E-state index in [1.807, 2.05) is 6.07 Å². The molecule has 3 rings (SSSR count). The molecular formula is C18H27NO3. The van der Waals surface area contributed by atoms with Crippen molar-refractivity contribution in [3.63, 3.8) is 0 Å². The van der Waals surface area contributed by atoms with Crippen LogP contribution in [0.3, 0.4) is 0 Å². The third-order valence-corrected chi connectivity index (χ3v) is 4.23. The minimum absolute atomic E-state index is 0.0633. The Balaban J connectivity index is 1.65. The van der Waals surface area contributed by atoms with Crippen molar-refractivity contribution >= 4 is 0 Å². The summed E-state index contributed by atoms with van der Waals surface area (Å²) in [5, 5.41) is 0. The first kappa shape index (κ1) is 15.6. The standard InChI is InChI=1S/C18H27NO3/c1-18(2,3)22-10-9-19-8-4-5-15(19)14-6-7-16-17(13-14)21-12-11-20-16/h6-7,13,15H,4-5,8-12H2,1-3H3/t15-/m1/s1. The maximum Gasteiger partial charge on any atom is 0.161 e. The first-order valence-electron chi connectivity index (χ1n) is 8.30. The van der Waals surface area contributed by atoms with Gasteiger partial charge in [0, 0.05) is 12.6 Å². The minimum Gasteiger partial charge on any atom is -0.486 e. The average molecular weight is 305 g/mol. The summed E-state index contributed by atoms with van der Waals surface area (Å²) in [4.78, 5) is 2.52. The molecule has 22 heavy (non-hydrogen) atoms. The maximum absolute atomic E-state index is 5.88. The molecule has 0 N–H and O–H groups in total. The zero-order valence-electron chi connectivity index (χ0n) is 13.9. The molecule has 1 saturated heterocycles. The van der Waals surface area contributed by atoms with Crippen LogP contribution in [0.1, 0.15) is 45.2 Å². The quantitative estimate of drug-likeness (QED) is 0.853. The molecule has 122 valence electrons. The highest BCUT2D eigenvalue weighted by molar-refractivity contribution is 5.44. The molecule has 0 unspecified atom stereocenters. The molecular weight excluding hydrogens is 278 g/mol. The third kappa shape index (κ3) is 3.73. The van der Waals surface area contributed by atoms with Gasteiger partial charge in [-0.15, -0.1) is 0 Å². The van der Waals surface area contributed by atoms with Crippen LogP contribution in [0.5, 0.6) is 11.5 Å². The van der Waals surface area contributed by atoms with Crippen LogP contribution >= 0.6 is 0 Å². The molecule has 0 amide bonds. The molecule has 0 spiro atoms. The highest BCUT2D eigenvalue weighted by Gasteiger charge is 2.27. The van der Waals surface area contributed by atoms with E-state index >= 15 is 0 Å². The summed E-state index contributed by atoms with van der Waals surface area (Å²) < 4.78 is 17.2. The van der Waals surface area contributed by atoms with Crippen molar-refractivity contribution in [1.29, 1.82) is 0 Å². The van der Waals surface area contributed by atoms with Gasteiger partial charge in [-0.05, 0) is 57.9 Å². The second-order valence-electron chi connectivity index (χ2n) is 7.06. The van der Waals surface area contributed by atoms with Crippen molar-refractivity contribution < 1.29 is 14.2 Å². The Morgan fingerprint density at radius 3 is 2.73 bits per heavy atom. The number of benzene rings is 1. The third-order valence-electron chi connectivity index (χ3n) is 4.23. The number of fused-ring (bicyclic) bond motifs is 1. The van der Waals surface area contributed by atoms with Crippen LogP contribution in [0.2, 0.25) is 0 Å². The number of likely N-dealkylation sites (tertiary alicyclic amines) is 1. The molecule has 1 aromatic rings. The van der Waals surface area contributed by atoms with Crippen LogP contribution in [0, 0.1) is 0 Å². The SMILES string of the molecule is CC(C)(C)OCCN1CCC[C@@H]1c1ccc2c(c1)OCCO2. The molecule has 1 atom stereocenters. The summed E-state index contributed by atoms with van der Waals surface area (Å²) >= 11 is 0. The zero-order chi connectivity index (χ0) is 15.6. The lowest BCUT2D eigenvalue weighted by atomic mass is 10.0. The van der Waals surface area contributed by atoms with Gasteiger partial charge < -0.3 is 14.2 Å². The largest absolute Gasteiger partial charge is 0.486 e. The number of ether oxygens (including phenoxy) is 3. The van der Waals surface area contributed by atoms with Crippen LogP contribution in [0.4, 0.5) is 0 Å². The van der Waals surface area contributed by atoms with Crippen LogP contribution < -0.4 is 9.47 Å². The number of rotatable bonds is 4. The lowest BCUT2D eigenvalue weighted by Gasteiger charge is -2.28. The van der Waals surface area contributed by atoms with Gasteiger partial charge in [-0.1, -0.05) is 6.07 Å². The van der Waals surface area contributed by atoms with E-state index in [1.165, 1.54) is 18.4 Å². The summed E-state index contributed by atoms with van der Waals surface area (Å²) in [6, 6.07) is 6.86. The van der Waals surface area contributed by atoms with Crippen LogP contribution in [0.15, 0.2) is 18.2 Å². The van der Waals surface area contributed by atoms with Gasteiger partial charge in [0.1, 0.15) is 13.2 Å². The van der Waals surface area contributed by atoms with E-state index in [2.05, 4.69) is 37.8 Å². The van der Waals surface area contributed by atoms with Crippen molar-refractivity contribution in [3.8, 4) is 11.5 Å². The lowest BCUT2D eigenvalue weighted by molar-refractivity contribution is -0.0144. The second-order valence-corrected chi connectivity index (χ2v) is 7.06. The van der Waals surface area contributed by atoms with Gasteiger partial charge in [-0.2, -0.15) is 0 Å². The first-order valence-corrected chi connectivity index (χ1v) is 8.30. The van der Waals surface area contributed by atoms with E-state index in [0.717, 1.165) is 31.2 Å². The Morgan fingerprint density at radius 1 is 1.18 bits per heavy atom. The van der Waals surface area contributed by atoms with E-state index < -0.39 is 0 Å². The molecule has 1 aromatic carbocycles. The van der Waals surface area contributed by atoms with Gasteiger partial charge in [0.05, 0.1) is 12.2 Å². The summed E-state index contributed by atoms with van der Waals surface area (Å²) in [6.07, 6.45) is 2.45. The first-order chi connectivity index (χ1) is 10.5. The molecule has 0 bridgehead atoms. The molecule has 0 aromatic heterocycles. The summed E-state index contributed by atoms with van der Waals surface area (Å²) in [7, 11) is 0. The van der Waals surface area contributed by atoms with Gasteiger partial charge in [0.2, 0.25) is 0 Å². The van der Waals surface area contributed by atoms with Gasteiger partial charge in [0.15, 0.2) is 11.5 Å². The Kier molecular flexibility index (Phi) is 4.59. The van der Waals surface area contributed by atoms with E-state index in [4.69, 9.17) is 14.2 Å². The van der Waals surface area contributed by atoms with Gasteiger partial charge in [0.25, 0.3) is 0 Å². The smallest absolute Gasteiger partial charge is 0.161 e. The number of hydrogen-bond donors (Lipinski definition) is 0. The normalized spacial score (nSPS) is 22.0. The monoisotopic (exact) mass is 305 g/mol. The Bertz CT molecular complexity index is 510. The topological polar surface area (TPSA) is 30.9 Å². The van der Waals surface area contributed by atoms with Crippen molar-refractivity contribution in [2.45, 2.75) is 45.3 Å². The van der Waals surface area contributed by atoms with Crippen LogP contribution in [-0.4, -0.2) is 43.4 Å². The van der Waals surface area contributed by atoms with Gasteiger partial charge in [-0.25, -0.2) is 0 Å². The fourth-order valence-corrected chi connectivity index (χ4v) is 3.21. The van der Waals surface area contributed by atoms with E-state index in [1.54, 1.807) is 0 Å². The fourth-order valence-electron chi connectivity index (χ4n) is 3.21. The summed E-state index contributed by atoms with van der Waals surface area (Å²) in [5.74, 6) is 1.76. The van der Waals surface area contributed by atoms with E-state index in [9.17, 15) is 0 Å². The fraction of sp³-hybridized carbons (Fsp3) is 0.667. The predicted molar refractivity (Wildman–Crippen MR) is 86.7 cm³/mol. The second kappa shape index (κ2) is 6.47. The molecule has 2 aliphatic rings. The molecule has 1 fully saturated rings. The molecule has 2 heterocycles. The summed E-state index contributed by atoms with van der Waals surface area (Å²) in [6.45, 7) is 10.5. The lowest BCUT2D eigenvalue weighted by Crippen LogP contribution is -2.30. The number of nitrogens with zero attached hydrogens (tertiary/aromatic N) is 1. The molecule has 0 saturated carbocycles. The highest BCUT2D eigenvalue weighted by Crippen LogP contribution is 2.37. The number of hydrogen-bond acceptors (Lipinski definition) is 4. The molecule has 4 nitrogen and oxygen atoms in total. The maximum atomic E-state index is 5.88. The van der Waals surface area contributed by atoms with Crippen LogP contribution in [0.25, 0.3) is 0 Å². The van der Waals surface area contributed by atoms with Crippen molar-refractivity contribution in [3.05, 3.63) is 23.8 Å². The summed E-state index contributed by atoms with van der Waals surface area (Å²) in [5.41, 5.74) is 1.27. The Labute approximate surface area is 133 Å². The van der Waals surface area contributed by atoms with Crippen molar-refractivity contribution in [2.75, 3.05) is 32.9 Å². The van der Waals surface area contributed by atoms with E-state index in [0.29, 0.717) is 19.3 Å². The molecule has 0 aliphatic carbocycles.